The third kappa shape index (κ3) is 3.46. The third-order valence-corrected chi connectivity index (χ3v) is 4.08. The van der Waals surface area contributed by atoms with E-state index in [2.05, 4.69) is 20.0 Å². The van der Waals surface area contributed by atoms with E-state index in [1.165, 1.54) is 23.7 Å². The highest BCUT2D eigenvalue weighted by Gasteiger charge is 2.11. The number of non-ortho nitro benzene ring substituents is 1. The second-order valence-electron chi connectivity index (χ2n) is 4.87. The number of nitro benzene ring substituents is 1. The summed E-state index contributed by atoms with van der Waals surface area (Å²) in [5, 5.41) is 17.5. The summed E-state index contributed by atoms with van der Waals surface area (Å²) in [6.07, 6.45) is 1.56. The zero-order valence-electron chi connectivity index (χ0n) is 12.4. The lowest BCUT2D eigenvalue weighted by Crippen LogP contribution is -2.29. The number of fused-ring (bicyclic) bond motifs is 1. The fraction of sp³-hybridized carbons (Fsp3) is 0.133. The van der Waals surface area contributed by atoms with Crippen LogP contribution >= 0.6 is 11.5 Å². The minimum Gasteiger partial charge on any atom is -0.367 e. The van der Waals surface area contributed by atoms with Crippen molar-refractivity contribution in [1.29, 1.82) is 0 Å². The maximum atomic E-state index is 11.8. The molecule has 24 heavy (non-hydrogen) atoms. The van der Waals surface area contributed by atoms with Crippen LogP contribution in [0.1, 0.15) is 10.5 Å². The SMILES string of the molecule is O=C(NCCNc1nsc2cc([N+](=O)[O-])ccc12)c1ccccn1. The van der Waals surface area contributed by atoms with Gasteiger partial charge in [0, 0.05) is 36.8 Å². The first kappa shape index (κ1) is 15.8. The summed E-state index contributed by atoms with van der Waals surface area (Å²) >= 11 is 1.19. The number of carbonyl (C=O) groups excluding carboxylic acids is 1. The maximum Gasteiger partial charge on any atom is 0.270 e. The van der Waals surface area contributed by atoms with Gasteiger partial charge in [-0.3, -0.25) is 19.9 Å². The highest BCUT2D eigenvalue weighted by Crippen LogP contribution is 2.29. The lowest BCUT2D eigenvalue weighted by atomic mass is 10.2. The number of rotatable bonds is 6. The monoisotopic (exact) mass is 343 g/mol. The van der Waals surface area contributed by atoms with Gasteiger partial charge in [0.05, 0.1) is 9.62 Å². The van der Waals surface area contributed by atoms with Gasteiger partial charge in [0.15, 0.2) is 0 Å². The molecule has 0 spiro atoms. The van der Waals surface area contributed by atoms with E-state index >= 15 is 0 Å². The fourth-order valence-corrected chi connectivity index (χ4v) is 2.90. The molecule has 1 amide bonds. The lowest BCUT2D eigenvalue weighted by Gasteiger charge is -2.06. The van der Waals surface area contributed by atoms with E-state index in [4.69, 9.17) is 0 Å². The molecule has 3 rings (SSSR count). The van der Waals surface area contributed by atoms with E-state index in [9.17, 15) is 14.9 Å². The molecule has 9 heteroatoms. The molecule has 122 valence electrons. The quantitative estimate of drug-likeness (QED) is 0.404. The van der Waals surface area contributed by atoms with E-state index in [0.29, 0.717) is 24.6 Å². The van der Waals surface area contributed by atoms with Gasteiger partial charge in [0.1, 0.15) is 11.5 Å². The van der Waals surface area contributed by atoms with Crippen LogP contribution in [0.5, 0.6) is 0 Å². The smallest absolute Gasteiger partial charge is 0.270 e. The first-order valence-electron chi connectivity index (χ1n) is 7.12. The van der Waals surface area contributed by atoms with Gasteiger partial charge in [-0.25, -0.2) is 0 Å². The predicted molar refractivity (Wildman–Crippen MR) is 91.3 cm³/mol. The number of amides is 1. The Morgan fingerprint density at radius 3 is 2.88 bits per heavy atom. The van der Waals surface area contributed by atoms with Crippen LogP contribution < -0.4 is 10.6 Å². The average molecular weight is 343 g/mol. The van der Waals surface area contributed by atoms with Crippen LogP contribution in [0.25, 0.3) is 10.1 Å². The topological polar surface area (TPSA) is 110 Å². The van der Waals surface area contributed by atoms with E-state index < -0.39 is 4.92 Å². The van der Waals surface area contributed by atoms with Gasteiger partial charge in [-0.1, -0.05) is 6.07 Å². The molecule has 0 aliphatic rings. The number of nitro groups is 1. The van der Waals surface area contributed by atoms with Crippen molar-refractivity contribution >= 4 is 39.0 Å². The molecule has 8 nitrogen and oxygen atoms in total. The number of hydrogen-bond donors (Lipinski definition) is 2. The summed E-state index contributed by atoms with van der Waals surface area (Å²) in [6.45, 7) is 0.885. The molecular weight excluding hydrogens is 330 g/mol. The first-order valence-corrected chi connectivity index (χ1v) is 7.89. The Morgan fingerprint density at radius 2 is 2.12 bits per heavy atom. The van der Waals surface area contributed by atoms with Crippen LogP contribution in [0.4, 0.5) is 11.5 Å². The van der Waals surface area contributed by atoms with Crippen molar-refractivity contribution in [2.24, 2.45) is 0 Å². The molecule has 0 unspecified atom stereocenters. The standard InChI is InChI=1S/C15H13N5O3S/c21-15(12-3-1-2-6-16-12)18-8-7-17-14-11-5-4-10(20(22)23)9-13(11)24-19-14/h1-6,9H,7-8H2,(H,17,19)(H,18,21). The Morgan fingerprint density at radius 1 is 1.25 bits per heavy atom. The number of carbonyl (C=O) groups is 1. The van der Waals surface area contributed by atoms with E-state index in [1.807, 2.05) is 0 Å². The van der Waals surface area contributed by atoms with Gasteiger partial charge in [0.25, 0.3) is 11.6 Å². The van der Waals surface area contributed by atoms with Gasteiger partial charge in [-0.05, 0) is 29.7 Å². The molecule has 2 N–H and O–H groups in total. The van der Waals surface area contributed by atoms with Crippen LogP contribution in [-0.2, 0) is 0 Å². The highest BCUT2D eigenvalue weighted by atomic mass is 32.1. The summed E-state index contributed by atoms with van der Waals surface area (Å²) in [6, 6.07) is 9.76. The molecule has 2 heterocycles. The molecule has 0 atom stereocenters. The molecule has 0 bridgehead atoms. The molecule has 0 fully saturated rings. The van der Waals surface area contributed by atoms with Gasteiger partial charge in [-0.2, -0.15) is 4.37 Å². The molecule has 0 aliphatic heterocycles. The normalized spacial score (nSPS) is 10.5. The molecule has 0 saturated carbocycles. The summed E-state index contributed by atoms with van der Waals surface area (Å²) in [5.41, 5.74) is 0.407. The minimum absolute atomic E-state index is 0.0420. The summed E-state index contributed by atoms with van der Waals surface area (Å²) in [5.74, 6) is 0.410. The van der Waals surface area contributed by atoms with E-state index in [-0.39, 0.29) is 11.6 Å². The number of nitrogens with zero attached hydrogens (tertiary/aromatic N) is 3. The first-order chi connectivity index (χ1) is 11.6. The second-order valence-corrected chi connectivity index (χ2v) is 5.67. The lowest BCUT2D eigenvalue weighted by molar-refractivity contribution is -0.384. The van der Waals surface area contributed by atoms with Gasteiger partial charge >= 0.3 is 0 Å². The van der Waals surface area contributed by atoms with Gasteiger partial charge in [0.2, 0.25) is 0 Å². The predicted octanol–water partition coefficient (Wildman–Crippen LogP) is 2.44. The van der Waals surface area contributed by atoms with Gasteiger partial charge < -0.3 is 10.6 Å². The molecule has 0 saturated heterocycles. The van der Waals surface area contributed by atoms with E-state index in [0.717, 1.165) is 10.1 Å². The van der Waals surface area contributed by atoms with Gasteiger partial charge in [-0.15, -0.1) is 0 Å². The van der Waals surface area contributed by atoms with Crippen molar-refractivity contribution in [1.82, 2.24) is 14.7 Å². The number of aromatic nitrogens is 2. The third-order valence-electron chi connectivity index (χ3n) is 3.27. The largest absolute Gasteiger partial charge is 0.367 e. The second kappa shape index (κ2) is 7.01. The molecule has 3 aromatic rings. The Kier molecular flexibility index (Phi) is 4.62. The molecule has 2 aromatic heterocycles. The minimum atomic E-state index is -0.431. The van der Waals surface area contributed by atoms with Crippen LogP contribution in [0.2, 0.25) is 0 Å². The van der Waals surface area contributed by atoms with Crippen LogP contribution in [-0.4, -0.2) is 33.3 Å². The van der Waals surface area contributed by atoms with Crippen molar-refractivity contribution in [3.8, 4) is 0 Å². The maximum absolute atomic E-state index is 11.8. The highest BCUT2D eigenvalue weighted by molar-refractivity contribution is 7.13. The summed E-state index contributed by atoms with van der Waals surface area (Å²) < 4.78 is 4.99. The Balaban J connectivity index is 1.56. The van der Waals surface area contributed by atoms with Crippen molar-refractivity contribution in [2.75, 3.05) is 18.4 Å². The zero-order chi connectivity index (χ0) is 16.9. The Hall–Kier alpha value is -3.07. The Bertz CT molecular complexity index is 881. The molecular formula is C15H13N5O3S. The van der Waals surface area contributed by atoms with Crippen molar-refractivity contribution in [3.63, 3.8) is 0 Å². The fourth-order valence-electron chi connectivity index (χ4n) is 2.11. The zero-order valence-corrected chi connectivity index (χ0v) is 13.2. The molecule has 1 aromatic carbocycles. The number of hydrogen-bond acceptors (Lipinski definition) is 7. The van der Waals surface area contributed by atoms with Crippen molar-refractivity contribution in [3.05, 3.63) is 58.4 Å². The average Bonchev–Trinajstić information content (AvgIpc) is 3.01. The number of pyridine rings is 1. The van der Waals surface area contributed by atoms with Crippen LogP contribution in [0.3, 0.4) is 0 Å². The number of benzene rings is 1. The van der Waals surface area contributed by atoms with Crippen LogP contribution in [0, 0.1) is 10.1 Å². The van der Waals surface area contributed by atoms with E-state index in [1.54, 1.807) is 30.5 Å². The number of nitrogens with one attached hydrogen (secondary N) is 2. The Labute approximate surface area is 140 Å². The summed E-state index contributed by atoms with van der Waals surface area (Å²) in [4.78, 5) is 26.2. The number of anilines is 1. The molecule has 0 radical (unpaired) electrons. The summed E-state index contributed by atoms with van der Waals surface area (Å²) in [7, 11) is 0. The molecule has 0 aliphatic carbocycles. The van der Waals surface area contributed by atoms with Crippen molar-refractivity contribution < 1.29 is 9.72 Å². The van der Waals surface area contributed by atoms with Crippen molar-refractivity contribution in [2.45, 2.75) is 0 Å². The van der Waals surface area contributed by atoms with Crippen LogP contribution in [0.15, 0.2) is 42.6 Å².